The van der Waals surface area contributed by atoms with Crippen molar-refractivity contribution in [1.82, 2.24) is 0 Å². The highest BCUT2D eigenvalue weighted by molar-refractivity contribution is 5.37. The van der Waals surface area contributed by atoms with Crippen molar-refractivity contribution < 1.29 is 8.78 Å². The Labute approximate surface area is 171 Å². The Balaban J connectivity index is 0.000000621. The van der Waals surface area contributed by atoms with Gasteiger partial charge in [0.2, 0.25) is 0 Å². The number of hydrogen-bond acceptors (Lipinski definition) is 0. The summed E-state index contributed by atoms with van der Waals surface area (Å²) < 4.78 is 24.9. The van der Waals surface area contributed by atoms with Crippen molar-refractivity contribution >= 4 is 0 Å². The number of rotatable bonds is 9. The average molecular weight is 387 g/mol. The summed E-state index contributed by atoms with van der Waals surface area (Å²) in [5.74, 6) is -1.16. The minimum absolute atomic E-state index is 0.00231. The van der Waals surface area contributed by atoms with E-state index in [2.05, 4.69) is 70.3 Å². The summed E-state index contributed by atoms with van der Waals surface area (Å²) in [5, 5.41) is 0. The lowest BCUT2D eigenvalue weighted by atomic mass is 9.68. The summed E-state index contributed by atoms with van der Waals surface area (Å²) in [5.41, 5.74) is 3.08. The van der Waals surface area contributed by atoms with Crippen LogP contribution in [0.2, 0.25) is 0 Å². The van der Waals surface area contributed by atoms with E-state index in [9.17, 15) is 8.78 Å². The monoisotopic (exact) mass is 386 g/mol. The smallest absolute Gasteiger partial charge is 0.128 e. The molecule has 2 heteroatoms. The van der Waals surface area contributed by atoms with E-state index in [4.69, 9.17) is 0 Å². The Kier molecular flexibility index (Phi) is 12.8. The molecule has 0 spiro atoms. The fourth-order valence-electron chi connectivity index (χ4n) is 3.47. The van der Waals surface area contributed by atoms with Crippen LogP contribution in [0.1, 0.15) is 65.9 Å². The lowest BCUT2D eigenvalue weighted by Gasteiger charge is -2.35. The largest absolute Gasteiger partial charge is 0.207 e. The van der Waals surface area contributed by atoms with Crippen LogP contribution in [0.4, 0.5) is 8.78 Å². The maximum Gasteiger partial charge on any atom is 0.128 e. The molecule has 0 radical (unpaired) electrons. The predicted molar refractivity (Wildman–Crippen MR) is 121 cm³/mol. The summed E-state index contributed by atoms with van der Waals surface area (Å²) >= 11 is 0. The lowest BCUT2D eigenvalue weighted by Crippen LogP contribution is -2.27. The maximum atomic E-state index is 12.5. The Bertz CT molecular complexity index is 684. The van der Waals surface area contributed by atoms with Crippen molar-refractivity contribution in [3.8, 4) is 0 Å². The molecule has 0 nitrogen and oxygen atoms in total. The number of allylic oxidation sites excluding steroid dienone is 8. The molecular weight excluding hydrogens is 350 g/mol. The minimum Gasteiger partial charge on any atom is -0.207 e. The van der Waals surface area contributed by atoms with Crippen LogP contribution >= 0.6 is 0 Å². The fourth-order valence-corrected chi connectivity index (χ4v) is 3.47. The van der Waals surface area contributed by atoms with E-state index < -0.39 is 11.7 Å². The Morgan fingerprint density at radius 3 is 1.93 bits per heavy atom. The van der Waals surface area contributed by atoms with Gasteiger partial charge in [-0.05, 0) is 45.3 Å². The van der Waals surface area contributed by atoms with Gasteiger partial charge in [0.1, 0.15) is 11.7 Å². The summed E-state index contributed by atoms with van der Waals surface area (Å²) in [6.45, 7) is 16.7. The highest BCUT2D eigenvalue weighted by atomic mass is 19.1. The third-order valence-corrected chi connectivity index (χ3v) is 4.95. The van der Waals surface area contributed by atoms with Crippen molar-refractivity contribution in [2.45, 2.75) is 65.7 Å². The van der Waals surface area contributed by atoms with Crippen molar-refractivity contribution in [2.75, 3.05) is 0 Å². The second-order valence-corrected chi connectivity index (χ2v) is 6.85. The summed E-state index contributed by atoms with van der Waals surface area (Å²) in [6, 6.07) is 10.9. The first-order valence-electron chi connectivity index (χ1n) is 10.0. The van der Waals surface area contributed by atoms with Gasteiger partial charge in [-0.15, -0.1) is 0 Å². The van der Waals surface area contributed by atoms with Gasteiger partial charge < -0.3 is 0 Å². The zero-order valence-electron chi connectivity index (χ0n) is 18.2. The van der Waals surface area contributed by atoms with Crippen LogP contribution in [-0.2, 0) is 5.41 Å². The van der Waals surface area contributed by atoms with Crippen LogP contribution in [0.3, 0.4) is 0 Å². The Hall–Kier alpha value is -2.22. The van der Waals surface area contributed by atoms with Crippen LogP contribution in [-0.4, -0.2) is 0 Å². The molecule has 0 heterocycles. The van der Waals surface area contributed by atoms with Crippen molar-refractivity contribution in [1.29, 1.82) is 0 Å². The quantitative estimate of drug-likeness (QED) is 0.371. The first-order valence-corrected chi connectivity index (χ1v) is 10.0. The van der Waals surface area contributed by atoms with Crippen molar-refractivity contribution in [3.63, 3.8) is 0 Å². The maximum absolute atomic E-state index is 12.5. The van der Waals surface area contributed by atoms with Gasteiger partial charge in [0, 0.05) is 11.0 Å². The van der Waals surface area contributed by atoms with E-state index in [1.807, 2.05) is 6.08 Å². The molecule has 0 bridgehead atoms. The molecule has 0 atom stereocenters. The van der Waals surface area contributed by atoms with Crippen molar-refractivity contribution in [3.05, 3.63) is 96.2 Å². The highest BCUT2D eigenvalue weighted by Crippen LogP contribution is 2.40. The normalized spacial score (nSPS) is 13.2. The third-order valence-electron chi connectivity index (χ3n) is 4.95. The van der Waals surface area contributed by atoms with Gasteiger partial charge in [0.15, 0.2) is 0 Å². The van der Waals surface area contributed by atoms with E-state index in [0.29, 0.717) is 0 Å². The molecule has 0 N–H and O–H groups in total. The van der Waals surface area contributed by atoms with Gasteiger partial charge in [-0.25, -0.2) is 8.78 Å². The Morgan fingerprint density at radius 1 is 1.00 bits per heavy atom. The first-order chi connectivity index (χ1) is 13.3. The van der Waals surface area contributed by atoms with Crippen molar-refractivity contribution in [2.24, 2.45) is 0 Å². The van der Waals surface area contributed by atoms with Crippen LogP contribution < -0.4 is 0 Å². The molecule has 0 aliphatic heterocycles. The van der Waals surface area contributed by atoms with E-state index in [-0.39, 0.29) is 11.0 Å². The number of halogens is 2. The fraction of sp³-hybridized carbons (Fsp3) is 0.385. The molecule has 28 heavy (non-hydrogen) atoms. The molecule has 1 aromatic carbocycles. The van der Waals surface area contributed by atoms with E-state index in [1.54, 1.807) is 0 Å². The Morgan fingerprint density at radius 2 is 1.54 bits per heavy atom. The summed E-state index contributed by atoms with van der Waals surface area (Å²) in [7, 11) is 0. The molecule has 0 amide bonds. The number of benzene rings is 1. The summed E-state index contributed by atoms with van der Waals surface area (Å²) in [4.78, 5) is 0. The molecule has 0 fully saturated rings. The van der Waals surface area contributed by atoms with Crippen LogP contribution in [0.15, 0.2) is 90.6 Å². The molecule has 1 rings (SSSR count). The molecule has 0 saturated carbocycles. The second-order valence-electron chi connectivity index (χ2n) is 6.85. The zero-order valence-corrected chi connectivity index (χ0v) is 18.2. The molecule has 0 aromatic heterocycles. The summed E-state index contributed by atoms with van der Waals surface area (Å²) in [6.07, 6.45) is 11.1. The molecule has 154 valence electrons. The molecule has 1 aromatic rings. The van der Waals surface area contributed by atoms with E-state index in [0.717, 1.165) is 6.08 Å². The molecule has 0 aliphatic rings. The van der Waals surface area contributed by atoms with Gasteiger partial charge >= 0.3 is 0 Å². The number of hydrogen-bond donors (Lipinski definition) is 0. The van der Waals surface area contributed by atoms with Crippen LogP contribution in [0.5, 0.6) is 0 Å². The van der Waals surface area contributed by atoms with E-state index >= 15 is 0 Å². The second kappa shape index (κ2) is 13.9. The van der Waals surface area contributed by atoms with Gasteiger partial charge in [-0.3, -0.25) is 0 Å². The van der Waals surface area contributed by atoms with Gasteiger partial charge in [-0.1, -0.05) is 94.0 Å². The SMILES string of the molecule is C=C/C(F)=C(C)\C(F)=C/C.C=C/C=C(\C)C(CCC)(CCC)c1ccccc1. The molecule has 0 aliphatic carbocycles. The van der Waals surface area contributed by atoms with Gasteiger partial charge in [0.05, 0.1) is 0 Å². The van der Waals surface area contributed by atoms with Crippen LogP contribution in [0, 0.1) is 0 Å². The minimum atomic E-state index is -0.615. The van der Waals surface area contributed by atoms with Crippen LogP contribution in [0.25, 0.3) is 0 Å². The van der Waals surface area contributed by atoms with E-state index in [1.165, 1.54) is 56.7 Å². The van der Waals surface area contributed by atoms with Gasteiger partial charge in [-0.2, -0.15) is 0 Å². The average Bonchev–Trinajstić information content (AvgIpc) is 2.72. The predicted octanol–water partition coefficient (Wildman–Crippen LogP) is 8.95. The highest BCUT2D eigenvalue weighted by Gasteiger charge is 2.31. The lowest BCUT2D eigenvalue weighted by molar-refractivity contribution is 0.417. The van der Waals surface area contributed by atoms with Gasteiger partial charge in [0.25, 0.3) is 0 Å². The zero-order chi connectivity index (χ0) is 21.6. The third kappa shape index (κ3) is 7.42. The topological polar surface area (TPSA) is 0 Å². The molecule has 0 saturated heterocycles. The standard InChI is InChI=1S/C18H26.C8H10F2/c1-5-11-16(4)18(14-6-2,15-7-3)17-12-9-8-10-13-17;1-4-7(9)6(3)8(10)5-2/h5,8-13H,1,6-7,14-15H2,2-4H3;4-5H,1H2,2-3H3/b16-11+;7-6+,8-5+. The first kappa shape index (κ1) is 25.8. The molecular formula is C26H36F2. The molecule has 0 unspecified atom stereocenters.